The summed E-state index contributed by atoms with van der Waals surface area (Å²) in [6.07, 6.45) is -6.82. The number of ether oxygens (including phenoxy) is 2. The molecule has 9 nitrogen and oxygen atoms in total. The number of benzene rings is 2. The van der Waals surface area contributed by atoms with Crippen LogP contribution >= 0.6 is 0 Å². The van der Waals surface area contributed by atoms with Gasteiger partial charge in [0.15, 0.2) is 6.10 Å². The second-order valence-corrected chi connectivity index (χ2v) is 7.97. The molecule has 3 aromatic rings. The fraction of sp³-hybridized carbons (Fsp3) is 0.292. The van der Waals surface area contributed by atoms with Crippen LogP contribution < -0.4 is 20.7 Å². The van der Waals surface area contributed by atoms with Crippen LogP contribution in [0.5, 0.6) is 11.5 Å². The zero-order chi connectivity index (χ0) is 26.8. The molecule has 0 bridgehead atoms. The number of aliphatic carboxylic acids is 1. The Morgan fingerprint density at radius 2 is 1.69 bits per heavy atom. The zero-order valence-electron chi connectivity index (χ0n) is 19.4. The number of aliphatic hydroxyl groups excluding tert-OH is 1. The van der Waals surface area contributed by atoms with Crippen molar-refractivity contribution in [3.63, 3.8) is 0 Å². The van der Waals surface area contributed by atoms with E-state index in [-0.39, 0.29) is 18.0 Å². The number of hydrogen-bond donors (Lipinski definition) is 2. The van der Waals surface area contributed by atoms with Crippen molar-refractivity contribution in [2.75, 3.05) is 0 Å². The maximum absolute atomic E-state index is 13.0. The van der Waals surface area contributed by atoms with Crippen molar-refractivity contribution in [3.8, 4) is 17.2 Å². The van der Waals surface area contributed by atoms with Crippen LogP contribution in [0.3, 0.4) is 0 Å². The van der Waals surface area contributed by atoms with Crippen LogP contribution in [-0.2, 0) is 24.6 Å². The first-order valence-electron chi connectivity index (χ1n) is 10.6. The summed E-state index contributed by atoms with van der Waals surface area (Å²) in [5.74, 6) is -0.670. The van der Waals surface area contributed by atoms with E-state index in [1.807, 2.05) is 0 Å². The molecule has 0 saturated heterocycles. The van der Waals surface area contributed by atoms with Gasteiger partial charge in [-0.25, -0.2) is 14.2 Å². The SMILES string of the molecule is CC(Oc1cc(C(C)O)ccc1COc1ccc(-n2c(=O)cc(C(F)(F)F)n(C)c2=O)cc1)C(=O)O. The smallest absolute Gasteiger partial charge is 0.431 e. The second-order valence-electron chi connectivity index (χ2n) is 7.97. The Bertz CT molecular complexity index is 1380. The van der Waals surface area contributed by atoms with E-state index in [0.29, 0.717) is 32.1 Å². The fourth-order valence-corrected chi connectivity index (χ4v) is 3.29. The Balaban J connectivity index is 1.85. The van der Waals surface area contributed by atoms with E-state index in [2.05, 4.69) is 0 Å². The highest BCUT2D eigenvalue weighted by molar-refractivity contribution is 5.72. The number of rotatable bonds is 8. The standard InChI is InChI=1S/C24H23F3N2O7/c1-13(30)15-4-5-16(19(10-15)36-14(2)22(32)33)12-35-18-8-6-17(7-9-18)29-21(31)11-20(24(25,26)27)28(3)23(29)34/h4-11,13-14,30H,12H2,1-3H3,(H,32,33). The molecule has 0 amide bonds. The third-order valence-corrected chi connectivity index (χ3v) is 5.32. The van der Waals surface area contributed by atoms with E-state index >= 15 is 0 Å². The average Bonchev–Trinajstić information content (AvgIpc) is 2.80. The summed E-state index contributed by atoms with van der Waals surface area (Å²) in [4.78, 5) is 35.9. The first-order valence-corrected chi connectivity index (χ1v) is 10.6. The van der Waals surface area contributed by atoms with E-state index in [4.69, 9.17) is 14.6 Å². The summed E-state index contributed by atoms with van der Waals surface area (Å²) in [6.45, 7) is 2.85. The minimum absolute atomic E-state index is 0.0438. The van der Waals surface area contributed by atoms with E-state index in [9.17, 15) is 32.7 Å². The number of aliphatic hydroxyl groups is 1. The van der Waals surface area contributed by atoms with Crippen LogP contribution in [0.2, 0.25) is 0 Å². The minimum Gasteiger partial charge on any atom is -0.489 e. The number of carboxylic acid groups (broad SMARTS) is 1. The van der Waals surface area contributed by atoms with E-state index in [1.165, 1.54) is 37.3 Å². The molecule has 192 valence electrons. The van der Waals surface area contributed by atoms with Gasteiger partial charge in [0.2, 0.25) is 0 Å². The van der Waals surface area contributed by atoms with E-state index in [0.717, 1.165) is 7.05 Å². The highest BCUT2D eigenvalue weighted by Crippen LogP contribution is 2.28. The Morgan fingerprint density at radius 1 is 1.06 bits per heavy atom. The van der Waals surface area contributed by atoms with Crippen LogP contribution in [-0.4, -0.2) is 31.4 Å². The summed E-state index contributed by atoms with van der Waals surface area (Å²) < 4.78 is 51.3. The minimum atomic E-state index is -4.86. The lowest BCUT2D eigenvalue weighted by atomic mass is 10.1. The molecule has 1 heterocycles. The summed E-state index contributed by atoms with van der Waals surface area (Å²) in [6, 6.07) is 10.6. The van der Waals surface area contributed by atoms with Crippen molar-refractivity contribution >= 4 is 5.97 Å². The molecule has 0 aliphatic carbocycles. The van der Waals surface area contributed by atoms with Crippen molar-refractivity contribution in [3.05, 3.63) is 86.2 Å². The molecule has 3 rings (SSSR count). The molecule has 0 aliphatic rings. The third-order valence-electron chi connectivity index (χ3n) is 5.32. The molecule has 36 heavy (non-hydrogen) atoms. The van der Waals surface area contributed by atoms with Crippen LogP contribution in [0, 0.1) is 0 Å². The molecule has 1 aromatic heterocycles. The van der Waals surface area contributed by atoms with Crippen LogP contribution in [0.15, 0.2) is 58.1 Å². The van der Waals surface area contributed by atoms with Gasteiger partial charge in [0, 0.05) is 18.7 Å². The maximum atomic E-state index is 13.0. The molecular weight excluding hydrogens is 485 g/mol. The lowest BCUT2D eigenvalue weighted by molar-refractivity contribution is -0.145. The first kappa shape index (κ1) is 26.5. The monoisotopic (exact) mass is 508 g/mol. The quantitative estimate of drug-likeness (QED) is 0.480. The normalized spacial score (nSPS) is 13.2. The van der Waals surface area contributed by atoms with Crippen molar-refractivity contribution < 1.29 is 37.7 Å². The molecule has 2 unspecified atom stereocenters. The number of nitrogens with zero attached hydrogens (tertiary/aromatic N) is 2. The third kappa shape index (κ3) is 5.77. The summed E-state index contributed by atoms with van der Waals surface area (Å²) in [5.41, 5.74) is -2.60. The van der Waals surface area contributed by atoms with Crippen LogP contribution in [0.25, 0.3) is 5.69 Å². The lowest BCUT2D eigenvalue weighted by Gasteiger charge is -2.17. The number of hydrogen-bond acceptors (Lipinski definition) is 6. The Labute approximate surface area is 202 Å². The Morgan fingerprint density at radius 3 is 2.25 bits per heavy atom. The average molecular weight is 508 g/mol. The van der Waals surface area contributed by atoms with Gasteiger partial charge >= 0.3 is 17.8 Å². The summed E-state index contributed by atoms with van der Waals surface area (Å²) in [7, 11) is 0.923. The topological polar surface area (TPSA) is 120 Å². The first-order chi connectivity index (χ1) is 16.8. The van der Waals surface area contributed by atoms with Crippen LogP contribution in [0.4, 0.5) is 13.2 Å². The molecule has 12 heteroatoms. The van der Waals surface area contributed by atoms with Gasteiger partial charge in [-0.05, 0) is 49.7 Å². The van der Waals surface area contributed by atoms with Crippen LogP contribution in [0.1, 0.15) is 36.8 Å². The highest BCUT2D eigenvalue weighted by Gasteiger charge is 2.35. The number of halogens is 3. The van der Waals surface area contributed by atoms with Gasteiger partial charge < -0.3 is 19.7 Å². The van der Waals surface area contributed by atoms with Gasteiger partial charge in [-0.3, -0.25) is 9.36 Å². The van der Waals surface area contributed by atoms with Gasteiger partial charge in [0.25, 0.3) is 5.56 Å². The number of aromatic nitrogens is 2. The maximum Gasteiger partial charge on any atom is 0.431 e. The van der Waals surface area contributed by atoms with Gasteiger partial charge in [0.1, 0.15) is 23.8 Å². The lowest BCUT2D eigenvalue weighted by Crippen LogP contribution is -2.40. The summed E-state index contributed by atoms with van der Waals surface area (Å²) in [5, 5.41) is 19.0. The molecule has 2 N–H and O–H groups in total. The second kappa shape index (κ2) is 10.3. The molecular formula is C24H23F3N2O7. The molecule has 2 aromatic carbocycles. The van der Waals surface area contributed by atoms with Gasteiger partial charge in [-0.15, -0.1) is 0 Å². The highest BCUT2D eigenvalue weighted by atomic mass is 19.4. The van der Waals surface area contributed by atoms with Gasteiger partial charge in [0.05, 0.1) is 11.8 Å². The van der Waals surface area contributed by atoms with Crippen molar-refractivity contribution in [2.45, 2.75) is 38.8 Å². The Kier molecular flexibility index (Phi) is 7.58. The number of carboxylic acids is 1. The zero-order valence-corrected chi connectivity index (χ0v) is 19.4. The predicted molar refractivity (Wildman–Crippen MR) is 121 cm³/mol. The van der Waals surface area contributed by atoms with Gasteiger partial charge in [-0.2, -0.15) is 13.2 Å². The molecule has 0 saturated carbocycles. The molecule has 0 aliphatic heterocycles. The van der Waals surface area contributed by atoms with Crippen molar-refractivity contribution in [1.29, 1.82) is 0 Å². The molecule has 2 atom stereocenters. The number of alkyl halides is 3. The molecule has 0 spiro atoms. The van der Waals surface area contributed by atoms with Gasteiger partial charge in [-0.1, -0.05) is 12.1 Å². The van der Waals surface area contributed by atoms with Crippen molar-refractivity contribution in [1.82, 2.24) is 9.13 Å². The molecule has 0 radical (unpaired) electrons. The Hall–Kier alpha value is -4.06. The van der Waals surface area contributed by atoms with Crippen molar-refractivity contribution in [2.24, 2.45) is 7.05 Å². The summed E-state index contributed by atoms with van der Waals surface area (Å²) >= 11 is 0. The van der Waals surface area contributed by atoms with E-state index < -0.39 is 41.3 Å². The molecule has 0 fully saturated rings. The largest absolute Gasteiger partial charge is 0.489 e. The predicted octanol–water partition coefficient (Wildman–Crippen LogP) is 3.04. The fourth-order valence-electron chi connectivity index (χ4n) is 3.29. The van der Waals surface area contributed by atoms with E-state index in [1.54, 1.807) is 19.1 Å². The number of carbonyl (C=O) groups is 1.